The molecule has 1 atom stereocenters. The Bertz CT molecular complexity index is 1130. The average molecular weight is 429 g/mol. The maximum Gasteiger partial charge on any atom is 0.262 e. The second kappa shape index (κ2) is 7.73. The van der Waals surface area contributed by atoms with Crippen LogP contribution in [0.2, 0.25) is 0 Å². The number of para-hydroxylation sites is 1. The molecule has 1 fully saturated rings. The van der Waals surface area contributed by atoms with Gasteiger partial charge in [0.25, 0.3) is 5.91 Å². The summed E-state index contributed by atoms with van der Waals surface area (Å²) in [7, 11) is -3.93. The Balaban J connectivity index is 1.63. The van der Waals surface area contributed by atoms with Gasteiger partial charge in [0.05, 0.1) is 10.6 Å². The second-order valence-corrected chi connectivity index (χ2v) is 9.39. The number of amides is 2. The van der Waals surface area contributed by atoms with Crippen molar-refractivity contribution in [1.29, 1.82) is 0 Å². The molecule has 2 aliphatic rings. The number of aryl methyl sites for hydroxylation is 2. The van der Waals surface area contributed by atoms with E-state index in [1.54, 1.807) is 19.1 Å². The van der Waals surface area contributed by atoms with Crippen molar-refractivity contribution in [2.24, 2.45) is 0 Å². The van der Waals surface area contributed by atoms with Gasteiger partial charge in [-0.1, -0.05) is 18.2 Å². The lowest BCUT2D eigenvalue weighted by atomic mass is 10.1. The first-order chi connectivity index (χ1) is 14.3. The van der Waals surface area contributed by atoms with Crippen LogP contribution in [-0.4, -0.2) is 43.7 Å². The number of rotatable bonds is 4. The van der Waals surface area contributed by atoms with Crippen molar-refractivity contribution in [2.75, 3.05) is 23.8 Å². The molecule has 2 amide bonds. The van der Waals surface area contributed by atoms with E-state index in [1.807, 2.05) is 25.1 Å². The molecule has 9 heteroatoms. The minimum atomic E-state index is -3.93. The zero-order valence-electron chi connectivity index (χ0n) is 16.8. The van der Waals surface area contributed by atoms with Gasteiger partial charge in [0.2, 0.25) is 15.9 Å². The number of carbonyl (C=O) groups is 2. The third-order valence-electron chi connectivity index (χ3n) is 5.41. The molecule has 2 heterocycles. The molecule has 2 aromatic rings. The summed E-state index contributed by atoms with van der Waals surface area (Å²) in [4.78, 5) is 24.5. The van der Waals surface area contributed by atoms with E-state index >= 15 is 0 Å². The third-order valence-corrected chi connectivity index (χ3v) is 7.46. The van der Waals surface area contributed by atoms with Crippen LogP contribution in [0.5, 0.6) is 5.75 Å². The molecule has 0 aromatic heterocycles. The van der Waals surface area contributed by atoms with Crippen LogP contribution in [0.1, 0.15) is 24.0 Å². The van der Waals surface area contributed by atoms with E-state index in [0.717, 1.165) is 5.56 Å². The number of nitrogens with zero attached hydrogens (tertiary/aromatic N) is 1. The van der Waals surface area contributed by atoms with Gasteiger partial charge in [-0.2, -0.15) is 4.31 Å². The summed E-state index contributed by atoms with van der Waals surface area (Å²) >= 11 is 0. The Hall–Kier alpha value is -2.91. The van der Waals surface area contributed by atoms with E-state index in [1.165, 1.54) is 10.4 Å². The Morgan fingerprint density at radius 2 is 1.97 bits per heavy atom. The van der Waals surface area contributed by atoms with Gasteiger partial charge < -0.3 is 15.4 Å². The van der Waals surface area contributed by atoms with Gasteiger partial charge in [0.1, 0.15) is 11.8 Å². The molecule has 158 valence electrons. The molecule has 2 aliphatic heterocycles. The van der Waals surface area contributed by atoms with Crippen molar-refractivity contribution in [2.45, 2.75) is 37.6 Å². The largest absolute Gasteiger partial charge is 0.482 e. The van der Waals surface area contributed by atoms with Gasteiger partial charge in [-0.15, -0.1) is 0 Å². The minimum absolute atomic E-state index is 0.0768. The molecule has 2 N–H and O–H groups in total. The minimum Gasteiger partial charge on any atom is -0.482 e. The smallest absolute Gasteiger partial charge is 0.262 e. The van der Waals surface area contributed by atoms with Gasteiger partial charge in [-0.25, -0.2) is 8.42 Å². The predicted octanol–water partition coefficient (Wildman–Crippen LogP) is 2.43. The van der Waals surface area contributed by atoms with E-state index < -0.39 is 16.1 Å². The van der Waals surface area contributed by atoms with Crippen molar-refractivity contribution < 1.29 is 22.7 Å². The van der Waals surface area contributed by atoms with Crippen molar-refractivity contribution in [3.63, 3.8) is 0 Å². The summed E-state index contributed by atoms with van der Waals surface area (Å²) in [6.07, 6.45) is 1.05. The van der Waals surface area contributed by atoms with Gasteiger partial charge in [0.15, 0.2) is 6.61 Å². The molecule has 0 radical (unpaired) electrons. The predicted molar refractivity (Wildman–Crippen MR) is 112 cm³/mol. The Morgan fingerprint density at radius 1 is 1.20 bits per heavy atom. The van der Waals surface area contributed by atoms with E-state index in [2.05, 4.69) is 10.6 Å². The molecule has 1 saturated heterocycles. The number of carbonyl (C=O) groups excluding carboxylic acids is 2. The fourth-order valence-electron chi connectivity index (χ4n) is 3.84. The molecule has 0 spiro atoms. The number of sulfonamides is 1. The zero-order valence-corrected chi connectivity index (χ0v) is 17.6. The highest BCUT2D eigenvalue weighted by atomic mass is 32.2. The molecule has 4 rings (SSSR count). The SMILES string of the molecule is Cc1ccccc1NC(=O)[C@@H]1CCCN1S(=O)(=O)c1cc2c(cc1C)NC(=O)CO2. The van der Waals surface area contributed by atoms with Crippen LogP contribution in [0, 0.1) is 13.8 Å². The zero-order chi connectivity index (χ0) is 21.5. The monoisotopic (exact) mass is 429 g/mol. The van der Waals surface area contributed by atoms with Crippen LogP contribution in [0.3, 0.4) is 0 Å². The number of benzene rings is 2. The summed E-state index contributed by atoms with van der Waals surface area (Å²) in [5, 5.41) is 5.53. The van der Waals surface area contributed by atoms with Gasteiger partial charge in [-0.05, 0) is 49.9 Å². The molecule has 0 saturated carbocycles. The van der Waals surface area contributed by atoms with E-state index in [0.29, 0.717) is 35.5 Å². The van der Waals surface area contributed by atoms with Crippen LogP contribution in [0.15, 0.2) is 41.3 Å². The fourth-order valence-corrected chi connectivity index (χ4v) is 5.72. The molecule has 0 bridgehead atoms. The van der Waals surface area contributed by atoms with E-state index in [4.69, 9.17) is 4.74 Å². The fraction of sp³-hybridized carbons (Fsp3) is 0.333. The number of hydrogen-bond donors (Lipinski definition) is 2. The highest BCUT2D eigenvalue weighted by Crippen LogP contribution is 2.36. The van der Waals surface area contributed by atoms with Crippen LogP contribution in [-0.2, 0) is 19.6 Å². The quantitative estimate of drug-likeness (QED) is 0.777. The third kappa shape index (κ3) is 3.66. The first-order valence-corrected chi connectivity index (χ1v) is 11.2. The molecule has 2 aromatic carbocycles. The Morgan fingerprint density at radius 3 is 2.73 bits per heavy atom. The number of anilines is 2. The van der Waals surface area contributed by atoms with Crippen LogP contribution >= 0.6 is 0 Å². The number of nitrogens with one attached hydrogen (secondary N) is 2. The highest BCUT2D eigenvalue weighted by molar-refractivity contribution is 7.89. The number of hydrogen-bond acceptors (Lipinski definition) is 5. The maximum absolute atomic E-state index is 13.4. The lowest BCUT2D eigenvalue weighted by Gasteiger charge is -2.26. The van der Waals surface area contributed by atoms with Crippen molar-refractivity contribution in [3.05, 3.63) is 47.5 Å². The van der Waals surface area contributed by atoms with E-state index in [-0.39, 0.29) is 29.9 Å². The molecular weight excluding hydrogens is 406 g/mol. The number of ether oxygens (including phenoxy) is 1. The summed E-state index contributed by atoms with van der Waals surface area (Å²) < 4.78 is 33.5. The van der Waals surface area contributed by atoms with Crippen molar-refractivity contribution in [1.82, 2.24) is 4.31 Å². The first kappa shape index (κ1) is 20.4. The van der Waals surface area contributed by atoms with Gasteiger partial charge in [0, 0.05) is 18.3 Å². The first-order valence-electron chi connectivity index (χ1n) is 9.73. The Kier molecular flexibility index (Phi) is 5.25. The van der Waals surface area contributed by atoms with Crippen LogP contribution < -0.4 is 15.4 Å². The van der Waals surface area contributed by atoms with E-state index in [9.17, 15) is 18.0 Å². The van der Waals surface area contributed by atoms with Crippen LogP contribution in [0.4, 0.5) is 11.4 Å². The summed E-state index contributed by atoms with van der Waals surface area (Å²) in [5.41, 5.74) is 2.49. The molecular formula is C21H23N3O5S. The van der Waals surface area contributed by atoms with Gasteiger partial charge in [-0.3, -0.25) is 9.59 Å². The molecule has 8 nitrogen and oxygen atoms in total. The lowest BCUT2D eigenvalue weighted by molar-refractivity contribution is -0.119. The maximum atomic E-state index is 13.4. The standard InChI is InChI=1S/C21H23N3O5S/c1-13-6-3-4-7-15(13)23-21(26)17-8-5-9-24(17)30(27,28)19-11-18-16(10-14(19)2)22-20(25)12-29-18/h3-4,6-7,10-11,17H,5,8-9,12H2,1-2H3,(H,22,25)(H,23,26)/t17-/m0/s1. The molecule has 0 unspecified atom stereocenters. The second-order valence-electron chi connectivity index (χ2n) is 7.53. The normalized spacial score (nSPS) is 19.0. The summed E-state index contributed by atoms with van der Waals surface area (Å²) in [5.74, 6) is -0.326. The lowest BCUT2D eigenvalue weighted by Crippen LogP contribution is -2.43. The molecule has 0 aliphatic carbocycles. The number of fused-ring (bicyclic) bond motifs is 1. The van der Waals surface area contributed by atoms with Crippen molar-refractivity contribution >= 4 is 33.2 Å². The topological polar surface area (TPSA) is 105 Å². The average Bonchev–Trinajstić information content (AvgIpc) is 3.20. The van der Waals surface area contributed by atoms with Crippen LogP contribution in [0.25, 0.3) is 0 Å². The summed E-state index contributed by atoms with van der Waals surface area (Å²) in [6, 6.07) is 9.59. The Labute approximate surface area is 175 Å². The van der Waals surface area contributed by atoms with Crippen molar-refractivity contribution in [3.8, 4) is 5.75 Å². The van der Waals surface area contributed by atoms with Gasteiger partial charge >= 0.3 is 0 Å². The highest BCUT2D eigenvalue weighted by Gasteiger charge is 2.40. The summed E-state index contributed by atoms with van der Waals surface area (Å²) in [6.45, 7) is 3.64. The molecule has 30 heavy (non-hydrogen) atoms.